The summed E-state index contributed by atoms with van der Waals surface area (Å²) in [5.41, 5.74) is 2.85. The first kappa shape index (κ1) is 16.9. The van der Waals surface area contributed by atoms with Crippen LogP contribution in [0.2, 0.25) is 0 Å². The van der Waals surface area contributed by atoms with Crippen LogP contribution >= 0.6 is 0 Å². The molecule has 0 N–H and O–H groups in total. The van der Waals surface area contributed by atoms with Gasteiger partial charge >= 0.3 is 5.97 Å². The van der Waals surface area contributed by atoms with E-state index < -0.39 is 0 Å². The van der Waals surface area contributed by atoms with Crippen molar-refractivity contribution in [2.24, 2.45) is 0 Å². The molecule has 0 atom stereocenters. The minimum atomic E-state index is -0.240. The number of nitrogens with zero attached hydrogens (tertiary/aromatic N) is 2. The Hall–Kier alpha value is -2.59. The van der Waals surface area contributed by atoms with E-state index in [4.69, 9.17) is 4.74 Å². The van der Waals surface area contributed by atoms with Gasteiger partial charge in [-0.3, -0.25) is 4.90 Å². The van der Waals surface area contributed by atoms with Crippen molar-refractivity contribution in [1.82, 2.24) is 9.47 Å². The molecule has 0 amide bonds. The zero-order chi connectivity index (χ0) is 17.8. The molecular weight excluding hydrogens is 324 g/mol. The summed E-state index contributed by atoms with van der Waals surface area (Å²) in [6, 6.07) is 20.3. The lowest BCUT2D eigenvalue weighted by atomic mass is 10.2. The first-order chi connectivity index (χ1) is 12.8. The van der Waals surface area contributed by atoms with Crippen molar-refractivity contribution in [3.63, 3.8) is 0 Å². The number of hydrogen-bond donors (Lipinski definition) is 0. The summed E-state index contributed by atoms with van der Waals surface area (Å²) in [5.74, 6) is -0.240. The maximum atomic E-state index is 12.7. The van der Waals surface area contributed by atoms with Crippen LogP contribution in [-0.2, 0) is 11.3 Å². The Morgan fingerprint density at radius 3 is 2.50 bits per heavy atom. The van der Waals surface area contributed by atoms with E-state index in [9.17, 15) is 4.79 Å². The summed E-state index contributed by atoms with van der Waals surface area (Å²) >= 11 is 0. The molecule has 2 heterocycles. The lowest BCUT2D eigenvalue weighted by Gasteiger charge is -2.15. The number of fused-ring (bicyclic) bond motifs is 1. The van der Waals surface area contributed by atoms with Gasteiger partial charge in [0.15, 0.2) is 0 Å². The third kappa shape index (κ3) is 3.65. The number of benzene rings is 2. The van der Waals surface area contributed by atoms with E-state index in [1.54, 1.807) is 0 Å². The van der Waals surface area contributed by atoms with Crippen molar-refractivity contribution in [2.45, 2.75) is 19.4 Å². The van der Waals surface area contributed by atoms with Crippen LogP contribution in [0.3, 0.4) is 0 Å². The molecule has 0 bridgehead atoms. The first-order valence-electron chi connectivity index (χ1n) is 9.33. The molecule has 1 saturated heterocycles. The minimum Gasteiger partial charge on any atom is -0.460 e. The van der Waals surface area contributed by atoms with Crippen LogP contribution < -0.4 is 0 Å². The fourth-order valence-electron chi connectivity index (χ4n) is 3.66. The summed E-state index contributed by atoms with van der Waals surface area (Å²) in [6.45, 7) is 4.17. The predicted octanol–water partition coefficient (Wildman–Crippen LogP) is 3.94. The van der Waals surface area contributed by atoms with E-state index in [2.05, 4.69) is 27.7 Å². The maximum Gasteiger partial charge on any atom is 0.355 e. The SMILES string of the molecule is O=C(OCCN1CCCC1)c1cc2ccccc2n1Cc1ccccc1. The number of carbonyl (C=O) groups is 1. The number of para-hydroxylation sites is 1. The topological polar surface area (TPSA) is 34.5 Å². The fraction of sp³-hybridized carbons (Fsp3) is 0.318. The normalized spacial score (nSPS) is 14.8. The highest BCUT2D eigenvalue weighted by atomic mass is 16.5. The van der Waals surface area contributed by atoms with Crippen LogP contribution in [0.25, 0.3) is 10.9 Å². The van der Waals surface area contributed by atoms with Gasteiger partial charge in [0, 0.05) is 24.0 Å². The molecule has 4 nitrogen and oxygen atoms in total. The standard InChI is InChI=1S/C22H24N2O2/c25-22(26-15-14-23-12-6-7-13-23)21-16-19-10-4-5-11-20(19)24(21)17-18-8-2-1-3-9-18/h1-5,8-11,16H,6-7,12-15,17H2. The average Bonchev–Trinajstić information content (AvgIpc) is 3.31. The van der Waals surface area contributed by atoms with Crippen LogP contribution in [0.15, 0.2) is 60.7 Å². The van der Waals surface area contributed by atoms with Gasteiger partial charge in [-0.1, -0.05) is 48.5 Å². The van der Waals surface area contributed by atoms with Gasteiger partial charge in [0.1, 0.15) is 12.3 Å². The molecule has 4 rings (SSSR count). The number of hydrogen-bond acceptors (Lipinski definition) is 3. The molecular formula is C22H24N2O2. The molecule has 0 radical (unpaired) electrons. The predicted molar refractivity (Wildman–Crippen MR) is 103 cm³/mol. The molecule has 0 aliphatic carbocycles. The van der Waals surface area contributed by atoms with Gasteiger partial charge < -0.3 is 9.30 Å². The average molecular weight is 348 g/mol. The van der Waals surface area contributed by atoms with Crippen molar-refractivity contribution in [1.29, 1.82) is 0 Å². The monoisotopic (exact) mass is 348 g/mol. The van der Waals surface area contributed by atoms with Gasteiger partial charge in [0.05, 0.1) is 0 Å². The molecule has 0 spiro atoms. The Morgan fingerprint density at radius 2 is 1.69 bits per heavy atom. The fourth-order valence-corrected chi connectivity index (χ4v) is 3.66. The van der Waals surface area contributed by atoms with Crippen LogP contribution in [-0.4, -0.2) is 41.7 Å². The molecule has 26 heavy (non-hydrogen) atoms. The number of aromatic nitrogens is 1. The number of esters is 1. The molecule has 1 fully saturated rings. The Labute approximate surface area is 154 Å². The number of likely N-dealkylation sites (tertiary alicyclic amines) is 1. The Bertz CT molecular complexity index is 880. The molecule has 3 aromatic rings. The molecule has 1 aliphatic rings. The Balaban J connectivity index is 1.54. The Kier molecular flexibility index (Phi) is 5.02. The maximum absolute atomic E-state index is 12.7. The summed E-state index contributed by atoms with van der Waals surface area (Å²) in [6.07, 6.45) is 2.50. The number of carbonyl (C=O) groups excluding carboxylic acids is 1. The van der Waals surface area contributed by atoms with Crippen molar-refractivity contribution in [3.05, 3.63) is 71.9 Å². The molecule has 2 aromatic carbocycles. The third-order valence-electron chi connectivity index (χ3n) is 5.04. The summed E-state index contributed by atoms with van der Waals surface area (Å²) in [7, 11) is 0. The van der Waals surface area contributed by atoms with Crippen molar-refractivity contribution in [2.75, 3.05) is 26.2 Å². The second-order valence-electron chi connectivity index (χ2n) is 6.84. The summed E-state index contributed by atoms with van der Waals surface area (Å²) in [5, 5.41) is 1.06. The number of ether oxygens (including phenoxy) is 1. The number of rotatable bonds is 6. The smallest absolute Gasteiger partial charge is 0.355 e. The molecule has 4 heteroatoms. The van der Waals surface area contributed by atoms with E-state index in [0.717, 1.165) is 30.5 Å². The van der Waals surface area contributed by atoms with Gasteiger partial charge in [0.2, 0.25) is 0 Å². The van der Waals surface area contributed by atoms with Crippen LogP contribution in [0.4, 0.5) is 0 Å². The highest BCUT2D eigenvalue weighted by Gasteiger charge is 2.18. The van der Waals surface area contributed by atoms with Gasteiger partial charge in [-0.2, -0.15) is 0 Å². The quantitative estimate of drug-likeness (QED) is 0.633. The second-order valence-corrected chi connectivity index (χ2v) is 6.84. The molecule has 0 saturated carbocycles. The molecule has 1 aromatic heterocycles. The third-order valence-corrected chi connectivity index (χ3v) is 5.04. The summed E-state index contributed by atoms with van der Waals surface area (Å²) in [4.78, 5) is 15.1. The van der Waals surface area contributed by atoms with E-state index in [1.807, 2.05) is 42.5 Å². The first-order valence-corrected chi connectivity index (χ1v) is 9.33. The van der Waals surface area contributed by atoms with Crippen molar-refractivity contribution < 1.29 is 9.53 Å². The molecule has 134 valence electrons. The van der Waals surface area contributed by atoms with Crippen molar-refractivity contribution in [3.8, 4) is 0 Å². The Morgan fingerprint density at radius 1 is 0.962 bits per heavy atom. The zero-order valence-electron chi connectivity index (χ0n) is 14.9. The zero-order valence-corrected chi connectivity index (χ0v) is 14.9. The van der Waals surface area contributed by atoms with Gasteiger partial charge in [-0.05, 0) is 43.6 Å². The van der Waals surface area contributed by atoms with E-state index in [0.29, 0.717) is 18.8 Å². The lowest BCUT2D eigenvalue weighted by molar-refractivity contribution is 0.0461. The van der Waals surface area contributed by atoms with Crippen LogP contribution in [0, 0.1) is 0 Å². The molecule has 0 unspecified atom stereocenters. The van der Waals surface area contributed by atoms with E-state index in [-0.39, 0.29) is 5.97 Å². The van der Waals surface area contributed by atoms with E-state index >= 15 is 0 Å². The highest BCUT2D eigenvalue weighted by Crippen LogP contribution is 2.22. The summed E-state index contributed by atoms with van der Waals surface area (Å²) < 4.78 is 7.65. The largest absolute Gasteiger partial charge is 0.460 e. The van der Waals surface area contributed by atoms with Crippen molar-refractivity contribution >= 4 is 16.9 Å². The minimum absolute atomic E-state index is 0.240. The lowest BCUT2D eigenvalue weighted by Crippen LogP contribution is -2.25. The van der Waals surface area contributed by atoms with Gasteiger partial charge in [-0.15, -0.1) is 0 Å². The molecule has 1 aliphatic heterocycles. The van der Waals surface area contributed by atoms with Crippen LogP contribution in [0.1, 0.15) is 28.9 Å². The van der Waals surface area contributed by atoms with Gasteiger partial charge in [0.25, 0.3) is 0 Å². The van der Waals surface area contributed by atoms with E-state index in [1.165, 1.54) is 18.4 Å². The van der Waals surface area contributed by atoms with Crippen LogP contribution in [0.5, 0.6) is 0 Å². The second kappa shape index (κ2) is 7.75. The highest BCUT2D eigenvalue weighted by molar-refractivity contribution is 5.95. The van der Waals surface area contributed by atoms with Gasteiger partial charge in [-0.25, -0.2) is 4.79 Å².